The number of carbonyl (C=O) groups is 1. The van der Waals surface area contributed by atoms with Crippen LogP contribution in [0.4, 0.5) is 0 Å². The Balaban J connectivity index is 1.24. The Bertz CT molecular complexity index is 1100. The van der Waals surface area contributed by atoms with Gasteiger partial charge in [0.05, 0.1) is 36.1 Å². The average molecular weight is 465 g/mol. The second-order valence-corrected chi connectivity index (χ2v) is 9.26. The SMILES string of the molecule is Cc1c([C@H](O)CN2CC3COCC(C2)N3CC(O)c2ccc(C#N)cn2)ccc2c1COC2=O. The minimum Gasteiger partial charge on any atom is -0.457 e. The van der Waals surface area contributed by atoms with Crippen LogP contribution in [0, 0.1) is 18.3 Å². The lowest BCUT2D eigenvalue weighted by Gasteiger charge is -2.50. The number of aliphatic hydroxyl groups excluding tert-OH is 2. The molecule has 4 atom stereocenters. The Morgan fingerprint density at radius 2 is 1.91 bits per heavy atom. The number of fused-ring (bicyclic) bond motifs is 3. The van der Waals surface area contributed by atoms with Gasteiger partial charge >= 0.3 is 5.97 Å². The molecule has 2 N–H and O–H groups in total. The van der Waals surface area contributed by atoms with Crippen LogP contribution in [0.3, 0.4) is 0 Å². The smallest absolute Gasteiger partial charge is 0.338 e. The van der Waals surface area contributed by atoms with E-state index < -0.39 is 12.2 Å². The summed E-state index contributed by atoms with van der Waals surface area (Å²) in [5.41, 5.74) is 4.20. The van der Waals surface area contributed by atoms with Gasteiger partial charge in [-0.05, 0) is 36.2 Å². The minimum absolute atomic E-state index is 0.0971. The lowest BCUT2D eigenvalue weighted by atomic mass is 9.94. The van der Waals surface area contributed by atoms with Crippen LogP contribution in [0.5, 0.6) is 0 Å². The van der Waals surface area contributed by atoms with Crippen molar-refractivity contribution in [3.8, 4) is 6.07 Å². The first kappa shape index (κ1) is 22.9. The number of morpholine rings is 1. The van der Waals surface area contributed by atoms with Crippen molar-refractivity contribution in [1.82, 2.24) is 14.8 Å². The number of esters is 1. The first-order valence-electron chi connectivity index (χ1n) is 11.5. The molecular formula is C25H28N4O5. The normalized spacial score (nSPS) is 24.2. The number of pyridine rings is 1. The Kier molecular flexibility index (Phi) is 6.34. The number of nitriles is 1. The van der Waals surface area contributed by atoms with Gasteiger partial charge in [-0.15, -0.1) is 0 Å². The lowest BCUT2D eigenvalue weighted by molar-refractivity contribution is -0.113. The van der Waals surface area contributed by atoms with Crippen molar-refractivity contribution in [3.05, 3.63) is 64.0 Å². The maximum atomic E-state index is 11.8. The van der Waals surface area contributed by atoms with Crippen molar-refractivity contribution in [2.24, 2.45) is 0 Å². The van der Waals surface area contributed by atoms with Crippen molar-refractivity contribution in [2.75, 3.05) is 39.4 Å². The molecule has 4 heterocycles. The standard InChI is InChI=1S/C25H28N4O5/c1-15-19(3-4-20-21(15)14-34-25(20)32)23(30)10-28-8-17-12-33-13-18(9-28)29(17)11-24(31)22-5-2-16(6-26)7-27-22/h2-5,7,17-18,23-24,30-31H,8-14H2,1H3/t17?,18?,23-,24?/m1/s1. The third kappa shape index (κ3) is 4.31. The summed E-state index contributed by atoms with van der Waals surface area (Å²) in [6.45, 7) is 5.66. The van der Waals surface area contributed by atoms with E-state index in [2.05, 4.69) is 14.8 Å². The summed E-state index contributed by atoms with van der Waals surface area (Å²) in [7, 11) is 0. The van der Waals surface area contributed by atoms with Crippen molar-refractivity contribution < 1.29 is 24.5 Å². The topological polar surface area (TPSA) is 119 Å². The molecule has 3 aliphatic heterocycles. The molecule has 1 aromatic heterocycles. The number of aliphatic hydroxyl groups is 2. The largest absolute Gasteiger partial charge is 0.457 e. The molecule has 1 aromatic carbocycles. The molecule has 2 bridgehead atoms. The Hall–Kier alpha value is -2.87. The molecule has 2 fully saturated rings. The van der Waals surface area contributed by atoms with Gasteiger partial charge in [0.1, 0.15) is 18.8 Å². The molecule has 2 saturated heterocycles. The van der Waals surface area contributed by atoms with Crippen LogP contribution >= 0.6 is 0 Å². The molecule has 178 valence electrons. The molecule has 0 amide bonds. The lowest BCUT2D eigenvalue weighted by Crippen LogP contribution is -2.65. The molecule has 0 saturated carbocycles. The summed E-state index contributed by atoms with van der Waals surface area (Å²) in [6.07, 6.45) is 0.0414. The van der Waals surface area contributed by atoms with E-state index in [1.54, 1.807) is 18.2 Å². The summed E-state index contributed by atoms with van der Waals surface area (Å²) in [6, 6.07) is 9.16. The number of hydrogen-bond acceptors (Lipinski definition) is 9. The number of β-amino-alcohol motifs (C(OH)–C–C–N with tert-alkyl or cyclic N) is 1. The predicted octanol–water partition coefficient (Wildman–Crippen LogP) is 1.08. The molecule has 5 rings (SSSR count). The molecule has 0 aliphatic carbocycles. The van der Waals surface area contributed by atoms with E-state index in [0.717, 1.165) is 16.7 Å². The number of piperazine rings is 1. The first-order chi connectivity index (χ1) is 16.4. The number of aromatic nitrogens is 1. The van der Waals surface area contributed by atoms with Crippen LogP contribution in [-0.2, 0) is 16.1 Å². The number of cyclic esters (lactones) is 1. The van der Waals surface area contributed by atoms with Crippen LogP contribution in [0.2, 0.25) is 0 Å². The van der Waals surface area contributed by atoms with Crippen LogP contribution < -0.4 is 0 Å². The fourth-order valence-electron chi connectivity index (χ4n) is 5.30. The number of ether oxygens (including phenoxy) is 2. The van der Waals surface area contributed by atoms with Gasteiger partial charge in [-0.2, -0.15) is 5.26 Å². The second-order valence-electron chi connectivity index (χ2n) is 9.26. The van der Waals surface area contributed by atoms with E-state index in [1.807, 2.05) is 19.1 Å². The number of rotatable bonds is 6. The molecule has 0 spiro atoms. The fourth-order valence-corrected chi connectivity index (χ4v) is 5.30. The molecule has 3 unspecified atom stereocenters. The highest BCUT2D eigenvalue weighted by molar-refractivity contribution is 5.93. The van der Waals surface area contributed by atoms with Gasteiger partial charge in [-0.3, -0.25) is 14.8 Å². The monoisotopic (exact) mass is 464 g/mol. The summed E-state index contributed by atoms with van der Waals surface area (Å²) < 4.78 is 10.9. The van der Waals surface area contributed by atoms with Crippen molar-refractivity contribution in [3.63, 3.8) is 0 Å². The number of benzene rings is 1. The quantitative estimate of drug-likeness (QED) is 0.605. The Morgan fingerprint density at radius 1 is 1.15 bits per heavy atom. The molecule has 3 aliphatic rings. The zero-order valence-corrected chi connectivity index (χ0v) is 19.1. The minimum atomic E-state index is -0.757. The maximum Gasteiger partial charge on any atom is 0.338 e. The van der Waals surface area contributed by atoms with E-state index in [1.165, 1.54) is 6.20 Å². The van der Waals surface area contributed by atoms with Crippen LogP contribution in [0.15, 0.2) is 30.5 Å². The summed E-state index contributed by atoms with van der Waals surface area (Å²) in [5, 5.41) is 30.7. The summed E-state index contributed by atoms with van der Waals surface area (Å²) in [5.74, 6) is -0.304. The van der Waals surface area contributed by atoms with E-state index >= 15 is 0 Å². The zero-order chi connectivity index (χ0) is 23.8. The maximum absolute atomic E-state index is 11.8. The van der Waals surface area contributed by atoms with Gasteiger partial charge in [0.15, 0.2) is 0 Å². The van der Waals surface area contributed by atoms with Crippen LogP contribution in [-0.4, -0.2) is 82.4 Å². The number of nitrogens with zero attached hydrogens (tertiary/aromatic N) is 4. The molecular weight excluding hydrogens is 436 g/mol. The van der Waals surface area contributed by atoms with Gasteiger partial charge in [0, 0.05) is 50.0 Å². The van der Waals surface area contributed by atoms with Gasteiger partial charge in [0.25, 0.3) is 0 Å². The first-order valence-corrected chi connectivity index (χ1v) is 11.5. The summed E-state index contributed by atoms with van der Waals surface area (Å²) in [4.78, 5) is 20.6. The van der Waals surface area contributed by atoms with Crippen molar-refractivity contribution in [2.45, 2.75) is 37.8 Å². The molecule has 9 nitrogen and oxygen atoms in total. The van der Waals surface area contributed by atoms with E-state index in [4.69, 9.17) is 14.7 Å². The molecule has 9 heteroatoms. The molecule has 0 radical (unpaired) electrons. The highest BCUT2D eigenvalue weighted by Gasteiger charge is 2.39. The van der Waals surface area contributed by atoms with Crippen LogP contribution in [0.1, 0.15) is 50.5 Å². The zero-order valence-electron chi connectivity index (χ0n) is 19.1. The van der Waals surface area contributed by atoms with E-state index in [9.17, 15) is 15.0 Å². The predicted molar refractivity (Wildman–Crippen MR) is 121 cm³/mol. The number of hydrogen-bond donors (Lipinski definition) is 2. The third-order valence-electron chi connectivity index (χ3n) is 7.14. The Labute approximate surface area is 198 Å². The van der Waals surface area contributed by atoms with Gasteiger partial charge in [-0.25, -0.2) is 4.79 Å². The molecule has 34 heavy (non-hydrogen) atoms. The van der Waals surface area contributed by atoms with Gasteiger partial charge < -0.3 is 19.7 Å². The van der Waals surface area contributed by atoms with Gasteiger partial charge in [-0.1, -0.05) is 6.07 Å². The van der Waals surface area contributed by atoms with Crippen molar-refractivity contribution in [1.29, 1.82) is 5.26 Å². The van der Waals surface area contributed by atoms with Gasteiger partial charge in [0.2, 0.25) is 0 Å². The number of carbonyl (C=O) groups excluding carboxylic acids is 1. The highest BCUT2D eigenvalue weighted by Crippen LogP contribution is 2.31. The Morgan fingerprint density at radius 3 is 2.59 bits per heavy atom. The van der Waals surface area contributed by atoms with E-state index in [0.29, 0.717) is 56.2 Å². The fraction of sp³-hybridized carbons (Fsp3) is 0.480. The van der Waals surface area contributed by atoms with E-state index in [-0.39, 0.29) is 24.7 Å². The van der Waals surface area contributed by atoms with Crippen molar-refractivity contribution >= 4 is 5.97 Å². The third-order valence-corrected chi connectivity index (χ3v) is 7.14. The average Bonchev–Trinajstić information content (AvgIpc) is 3.21. The highest BCUT2D eigenvalue weighted by atomic mass is 16.5. The second kappa shape index (κ2) is 9.41. The van der Waals surface area contributed by atoms with Crippen LogP contribution in [0.25, 0.3) is 0 Å². The molecule has 2 aromatic rings. The summed E-state index contributed by atoms with van der Waals surface area (Å²) >= 11 is 0.